The normalized spacial score (nSPS) is 11.8. The van der Waals surface area contributed by atoms with Crippen molar-refractivity contribution in [3.63, 3.8) is 0 Å². The summed E-state index contributed by atoms with van der Waals surface area (Å²) in [6.07, 6.45) is 0. The fourth-order valence-electron chi connectivity index (χ4n) is 7.60. The Balaban J connectivity index is 1.27. The van der Waals surface area contributed by atoms with Crippen LogP contribution in [0, 0.1) is 0 Å². The van der Waals surface area contributed by atoms with Crippen LogP contribution >= 0.6 is 11.3 Å². The second-order valence-electron chi connectivity index (χ2n) is 12.5. The van der Waals surface area contributed by atoms with Crippen molar-refractivity contribution in [1.82, 2.24) is 0 Å². The highest BCUT2D eigenvalue weighted by Gasteiger charge is 2.20. The topological polar surface area (TPSA) is 3.24 Å². The Morgan fingerprint density at radius 3 is 1.85 bits per heavy atom. The third-order valence-corrected chi connectivity index (χ3v) is 10.9. The molecule has 0 saturated heterocycles. The molecule has 10 aromatic rings. The highest BCUT2D eigenvalue weighted by Crippen LogP contribution is 2.47. The second-order valence-corrected chi connectivity index (χ2v) is 13.6. The predicted molar refractivity (Wildman–Crippen MR) is 209 cm³/mol. The average molecular weight is 628 g/mol. The highest BCUT2D eigenvalue weighted by molar-refractivity contribution is 7.26. The van der Waals surface area contributed by atoms with Gasteiger partial charge in [0.25, 0.3) is 0 Å². The van der Waals surface area contributed by atoms with E-state index in [-0.39, 0.29) is 0 Å². The summed E-state index contributed by atoms with van der Waals surface area (Å²) in [5.41, 5.74) is 5.86. The fourth-order valence-corrected chi connectivity index (χ4v) is 8.76. The van der Waals surface area contributed by atoms with E-state index in [0.29, 0.717) is 0 Å². The second kappa shape index (κ2) is 10.8. The first-order chi connectivity index (χ1) is 23.8. The van der Waals surface area contributed by atoms with E-state index in [9.17, 15) is 0 Å². The molecule has 0 aliphatic heterocycles. The van der Waals surface area contributed by atoms with Crippen molar-refractivity contribution in [3.05, 3.63) is 176 Å². The Hall–Kier alpha value is -5.96. The minimum atomic E-state index is 1.13. The van der Waals surface area contributed by atoms with Gasteiger partial charge in [-0.3, -0.25) is 0 Å². The van der Waals surface area contributed by atoms with Crippen molar-refractivity contribution in [3.8, 4) is 11.1 Å². The van der Waals surface area contributed by atoms with E-state index in [1.165, 1.54) is 80.1 Å². The first-order valence-electron chi connectivity index (χ1n) is 16.4. The highest BCUT2D eigenvalue weighted by atomic mass is 32.1. The van der Waals surface area contributed by atoms with Gasteiger partial charge in [-0.05, 0) is 85.2 Å². The van der Waals surface area contributed by atoms with Gasteiger partial charge in [0.05, 0.1) is 5.69 Å². The molecule has 2 heteroatoms. The lowest BCUT2D eigenvalue weighted by Crippen LogP contribution is -2.10. The fraction of sp³-hybridized carbons (Fsp3) is 0. The van der Waals surface area contributed by atoms with Gasteiger partial charge in [-0.1, -0.05) is 140 Å². The lowest BCUT2D eigenvalue weighted by atomic mass is 9.95. The molecular formula is C46H29NS. The van der Waals surface area contributed by atoms with Crippen LogP contribution in [0.3, 0.4) is 0 Å². The zero-order valence-corrected chi connectivity index (χ0v) is 26.9. The van der Waals surface area contributed by atoms with Crippen LogP contribution in [0.1, 0.15) is 0 Å². The van der Waals surface area contributed by atoms with E-state index >= 15 is 0 Å². The molecule has 0 spiro atoms. The molecule has 0 bridgehead atoms. The van der Waals surface area contributed by atoms with Gasteiger partial charge in [0.1, 0.15) is 0 Å². The average Bonchev–Trinajstić information content (AvgIpc) is 3.54. The van der Waals surface area contributed by atoms with Crippen LogP contribution in [0.25, 0.3) is 74.4 Å². The summed E-state index contributed by atoms with van der Waals surface area (Å²) in [5.74, 6) is 0. The molecule has 9 aromatic carbocycles. The zero-order chi connectivity index (χ0) is 31.6. The van der Waals surface area contributed by atoms with Crippen LogP contribution in [0.4, 0.5) is 17.1 Å². The van der Waals surface area contributed by atoms with Crippen LogP contribution in [0.2, 0.25) is 0 Å². The molecule has 0 amide bonds. The number of thiophene rings is 1. The Labute approximate surface area is 282 Å². The monoisotopic (exact) mass is 627 g/mol. The van der Waals surface area contributed by atoms with Crippen LogP contribution in [0.15, 0.2) is 176 Å². The van der Waals surface area contributed by atoms with Gasteiger partial charge in [0, 0.05) is 36.9 Å². The summed E-state index contributed by atoms with van der Waals surface area (Å²) in [5, 5.41) is 12.8. The molecule has 1 heterocycles. The molecule has 0 saturated carbocycles. The molecular weight excluding hydrogens is 599 g/mol. The van der Waals surface area contributed by atoms with Crippen molar-refractivity contribution >= 4 is 91.7 Å². The number of nitrogens with zero attached hydrogens (tertiary/aromatic N) is 1. The van der Waals surface area contributed by atoms with Gasteiger partial charge in [-0.25, -0.2) is 0 Å². The van der Waals surface area contributed by atoms with Gasteiger partial charge in [0.15, 0.2) is 0 Å². The SMILES string of the molecule is c1ccc(-c2cccc(N(c3ccc4c(ccc5ccc6ccccc6c54)c3)c3cc4sc5ccccc5c4c4ccccc34)c2)cc1. The standard InChI is InChI=1S/C46H29NS/c1-2-11-30(12-3-1)33-14-10-15-35(27-33)47(42-29-44-46(40-18-7-6-17-39(40)42)41-19-8-9-20-43(41)48-44)36-25-26-38-34(28-36)24-23-32-22-21-31-13-4-5-16-37(31)45(32)38/h1-29H. The third-order valence-electron chi connectivity index (χ3n) is 9.78. The number of hydrogen-bond acceptors (Lipinski definition) is 2. The molecule has 0 atom stereocenters. The molecule has 1 nitrogen and oxygen atoms in total. The number of benzene rings is 9. The number of rotatable bonds is 4. The first-order valence-corrected chi connectivity index (χ1v) is 17.2. The maximum Gasteiger partial charge on any atom is 0.0554 e. The van der Waals surface area contributed by atoms with Gasteiger partial charge >= 0.3 is 0 Å². The summed E-state index contributed by atoms with van der Waals surface area (Å²) in [7, 11) is 0. The summed E-state index contributed by atoms with van der Waals surface area (Å²) in [6.45, 7) is 0. The molecule has 0 unspecified atom stereocenters. The Kier molecular flexibility index (Phi) is 6.12. The Morgan fingerprint density at radius 2 is 0.979 bits per heavy atom. The van der Waals surface area contributed by atoms with Crippen molar-refractivity contribution in [2.24, 2.45) is 0 Å². The van der Waals surface area contributed by atoms with Gasteiger partial charge in [-0.15, -0.1) is 11.3 Å². The predicted octanol–water partition coefficient (Wildman–Crippen LogP) is 13.8. The van der Waals surface area contributed by atoms with Crippen molar-refractivity contribution in [2.45, 2.75) is 0 Å². The molecule has 1 aromatic heterocycles. The lowest BCUT2D eigenvalue weighted by Gasteiger charge is -2.28. The van der Waals surface area contributed by atoms with Crippen LogP contribution in [-0.4, -0.2) is 0 Å². The lowest BCUT2D eigenvalue weighted by molar-refractivity contribution is 1.31. The van der Waals surface area contributed by atoms with Gasteiger partial charge in [0.2, 0.25) is 0 Å². The smallest absolute Gasteiger partial charge is 0.0554 e. The maximum atomic E-state index is 2.46. The molecule has 48 heavy (non-hydrogen) atoms. The van der Waals surface area contributed by atoms with Crippen molar-refractivity contribution in [2.75, 3.05) is 4.90 Å². The van der Waals surface area contributed by atoms with Crippen LogP contribution in [-0.2, 0) is 0 Å². The maximum absolute atomic E-state index is 2.46. The molecule has 0 fully saturated rings. The quantitative estimate of drug-likeness (QED) is 0.176. The minimum absolute atomic E-state index is 1.13. The summed E-state index contributed by atoms with van der Waals surface area (Å²) < 4.78 is 2.62. The van der Waals surface area contributed by atoms with Crippen molar-refractivity contribution in [1.29, 1.82) is 0 Å². The third kappa shape index (κ3) is 4.24. The molecule has 0 aliphatic rings. The summed E-state index contributed by atoms with van der Waals surface area (Å²) >= 11 is 1.88. The van der Waals surface area contributed by atoms with E-state index < -0.39 is 0 Å². The number of hydrogen-bond donors (Lipinski definition) is 0. The largest absolute Gasteiger partial charge is 0.310 e. The molecule has 0 N–H and O–H groups in total. The van der Waals surface area contributed by atoms with E-state index in [4.69, 9.17) is 0 Å². The molecule has 0 aliphatic carbocycles. The van der Waals surface area contributed by atoms with E-state index in [0.717, 1.165) is 11.4 Å². The van der Waals surface area contributed by atoms with E-state index in [1.807, 2.05) is 11.3 Å². The molecule has 224 valence electrons. The Morgan fingerprint density at radius 1 is 0.333 bits per heavy atom. The minimum Gasteiger partial charge on any atom is -0.310 e. The van der Waals surface area contributed by atoms with E-state index in [2.05, 4.69) is 181 Å². The van der Waals surface area contributed by atoms with Crippen molar-refractivity contribution < 1.29 is 0 Å². The van der Waals surface area contributed by atoms with Crippen LogP contribution < -0.4 is 4.90 Å². The van der Waals surface area contributed by atoms with Crippen LogP contribution in [0.5, 0.6) is 0 Å². The summed E-state index contributed by atoms with van der Waals surface area (Å²) in [6, 6.07) is 64.5. The van der Waals surface area contributed by atoms with E-state index in [1.54, 1.807) is 0 Å². The zero-order valence-electron chi connectivity index (χ0n) is 26.1. The summed E-state index contributed by atoms with van der Waals surface area (Å²) in [4.78, 5) is 2.46. The number of fused-ring (bicyclic) bond motifs is 10. The first kappa shape index (κ1) is 27.2. The molecule has 0 radical (unpaired) electrons. The number of anilines is 3. The van der Waals surface area contributed by atoms with Gasteiger partial charge in [-0.2, -0.15) is 0 Å². The Bertz CT molecular complexity index is 2850. The van der Waals surface area contributed by atoms with Gasteiger partial charge < -0.3 is 4.90 Å². The molecule has 10 rings (SSSR count).